The SMILES string of the molecule is Cn1nccc1CCNc1nc2cc(Cl)ccc2s1. The molecule has 0 spiro atoms. The number of hydrogen-bond acceptors (Lipinski definition) is 4. The molecule has 1 N–H and O–H groups in total. The fourth-order valence-corrected chi connectivity index (χ4v) is 2.96. The summed E-state index contributed by atoms with van der Waals surface area (Å²) in [5, 5.41) is 9.14. The minimum atomic E-state index is 0.722. The zero-order valence-corrected chi connectivity index (χ0v) is 12.0. The molecule has 0 saturated carbocycles. The highest BCUT2D eigenvalue weighted by Gasteiger charge is 2.04. The van der Waals surface area contributed by atoms with E-state index in [1.54, 1.807) is 11.3 Å². The fourth-order valence-electron chi connectivity index (χ4n) is 1.92. The summed E-state index contributed by atoms with van der Waals surface area (Å²) in [6.07, 6.45) is 2.74. The molecule has 2 heterocycles. The van der Waals surface area contributed by atoms with Gasteiger partial charge in [-0.2, -0.15) is 5.10 Å². The van der Waals surface area contributed by atoms with Gasteiger partial charge in [0.25, 0.3) is 0 Å². The van der Waals surface area contributed by atoms with Gasteiger partial charge in [0.05, 0.1) is 10.2 Å². The quantitative estimate of drug-likeness (QED) is 0.802. The predicted molar refractivity (Wildman–Crippen MR) is 80.0 cm³/mol. The summed E-state index contributed by atoms with van der Waals surface area (Å²) < 4.78 is 3.03. The van der Waals surface area contributed by atoms with Crippen molar-refractivity contribution in [1.82, 2.24) is 14.8 Å². The van der Waals surface area contributed by atoms with E-state index in [4.69, 9.17) is 11.6 Å². The van der Waals surface area contributed by atoms with Crippen LogP contribution in [0.25, 0.3) is 10.2 Å². The van der Waals surface area contributed by atoms with E-state index in [0.717, 1.165) is 33.3 Å². The third kappa shape index (κ3) is 2.72. The van der Waals surface area contributed by atoms with Gasteiger partial charge in [-0.1, -0.05) is 22.9 Å². The third-order valence-corrected chi connectivity index (χ3v) is 4.16. The average Bonchev–Trinajstić information content (AvgIpc) is 2.95. The Labute approximate surface area is 120 Å². The number of nitrogens with zero attached hydrogens (tertiary/aromatic N) is 3. The van der Waals surface area contributed by atoms with E-state index in [0.29, 0.717) is 0 Å². The van der Waals surface area contributed by atoms with Crippen molar-refractivity contribution in [3.05, 3.63) is 41.2 Å². The number of aromatic nitrogens is 3. The summed E-state index contributed by atoms with van der Waals surface area (Å²) in [5.41, 5.74) is 2.15. The van der Waals surface area contributed by atoms with Gasteiger partial charge in [-0.05, 0) is 24.3 Å². The molecule has 0 radical (unpaired) electrons. The third-order valence-electron chi connectivity index (χ3n) is 2.93. The molecule has 0 atom stereocenters. The van der Waals surface area contributed by atoms with Crippen LogP contribution in [0.5, 0.6) is 0 Å². The Morgan fingerprint density at radius 1 is 1.37 bits per heavy atom. The molecule has 98 valence electrons. The first kappa shape index (κ1) is 12.4. The van der Waals surface area contributed by atoms with Crippen molar-refractivity contribution < 1.29 is 0 Å². The molecular weight excluding hydrogens is 280 g/mol. The molecule has 3 aromatic rings. The van der Waals surface area contributed by atoms with E-state index in [2.05, 4.69) is 15.4 Å². The minimum Gasteiger partial charge on any atom is -0.361 e. The van der Waals surface area contributed by atoms with Crippen LogP contribution in [-0.2, 0) is 13.5 Å². The summed E-state index contributed by atoms with van der Waals surface area (Å²) in [6, 6.07) is 7.81. The second-order valence-corrected chi connectivity index (χ2v) is 5.72. The van der Waals surface area contributed by atoms with Crippen LogP contribution in [-0.4, -0.2) is 21.3 Å². The summed E-state index contributed by atoms with van der Waals surface area (Å²) in [4.78, 5) is 4.52. The molecule has 6 heteroatoms. The van der Waals surface area contributed by atoms with E-state index >= 15 is 0 Å². The number of anilines is 1. The second-order valence-electron chi connectivity index (χ2n) is 4.25. The number of nitrogens with one attached hydrogen (secondary N) is 1. The lowest BCUT2D eigenvalue weighted by Crippen LogP contribution is -2.07. The Balaban J connectivity index is 1.67. The first-order valence-corrected chi connectivity index (χ1v) is 7.19. The maximum absolute atomic E-state index is 5.95. The molecule has 0 aliphatic heterocycles. The minimum absolute atomic E-state index is 0.722. The van der Waals surface area contributed by atoms with Gasteiger partial charge in [-0.3, -0.25) is 4.68 Å². The van der Waals surface area contributed by atoms with Crippen LogP contribution in [0.3, 0.4) is 0 Å². The van der Waals surface area contributed by atoms with E-state index in [1.807, 2.05) is 42.2 Å². The molecule has 0 unspecified atom stereocenters. The van der Waals surface area contributed by atoms with Gasteiger partial charge in [-0.25, -0.2) is 4.98 Å². The van der Waals surface area contributed by atoms with E-state index in [9.17, 15) is 0 Å². The number of halogens is 1. The van der Waals surface area contributed by atoms with Crippen LogP contribution in [0.2, 0.25) is 5.02 Å². The molecule has 0 saturated heterocycles. The van der Waals surface area contributed by atoms with Crippen molar-refractivity contribution in [3.63, 3.8) is 0 Å². The van der Waals surface area contributed by atoms with Crippen molar-refractivity contribution in [2.24, 2.45) is 7.05 Å². The number of aryl methyl sites for hydroxylation is 1. The monoisotopic (exact) mass is 292 g/mol. The van der Waals surface area contributed by atoms with E-state index in [1.165, 1.54) is 5.69 Å². The van der Waals surface area contributed by atoms with Gasteiger partial charge in [-0.15, -0.1) is 0 Å². The summed E-state index contributed by atoms with van der Waals surface area (Å²) in [7, 11) is 1.95. The largest absolute Gasteiger partial charge is 0.361 e. The molecule has 0 aliphatic carbocycles. The second kappa shape index (κ2) is 5.19. The van der Waals surface area contributed by atoms with Crippen molar-refractivity contribution in [3.8, 4) is 0 Å². The molecule has 4 nitrogen and oxygen atoms in total. The van der Waals surface area contributed by atoms with Crippen LogP contribution in [0.4, 0.5) is 5.13 Å². The maximum Gasteiger partial charge on any atom is 0.183 e. The number of rotatable bonds is 4. The molecule has 0 amide bonds. The molecule has 3 rings (SSSR count). The number of fused-ring (bicyclic) bond motifs is 1. The molecule has 2 aromatic heterocycles. The molecule has 0 aliphatic rings. The Kier molecular flexibility index (Phi) is 3.40. The Hall–Kier alpha value is -1.59. The van der Waals surface area contributed by atoms with Gasteiger partial charge in [0.2, 0.25) is 0 Å². The average molecular weight is 293 g/mol. The molecule has 19 heavy (non-hydrogen) atoms. The van der Waals surface area contributed by atoms with Crippen LogP contribution >= 0.6 is 22.9 Å². The van der Waals surface area contributed by atoms with Gasteiger partial charge < -0.3 is 5.32 Å². The fraction of sp³-hybridized carbons (Fsp3) is 0.231. The first-order chi connectivity index (χ1) is 9.22. The van der Waals surface area contributed by atoms with Crippen molar-refractivity contribution in [1.29, 1.82) is 0 Å². The highest BCUT2D eigenvalue weighted by molar-refractivity contribution is 7.22. The van der Waals surface area contributed by atoms with Crippen LogP contribution < -0.4 is 5.32 Å². The maximum atomic E-state index is 5.95. The normalized spacial score (nSPS) is 11.1. The first-order valence-electron chi connectivity index (χ1n) is 5.99. The highest BCUT2D eigenvalue weighted by Crippen LogP contribution is 2.27. The van der Waals surface area contributed by atoms with E-state index < -0.39 is 0 Å². The van der Waals surface area contributed by atoms with Crippen LogP contribution in [0.1, 0.15) is 5.69 Å². The Bertz CT molecular complexity index is 704. The number of benzene rings is 1. The molecule has 0 fully saturated rings. The summed E-state index contributed by atoms with van der Waals surface area (Å²) in [5.74, 6) is 0. The smallest absolute Gasteiger partial charge is 0.183 e. The zero-order valence-electron chi connectivity index (χ0n) is 10.4. The lowest BCUT2D eigenvalue weighted by Gasteiger charge is -2.02. The van der Waals surface area contributed by atoms with Crippen LogP contribution in [0, 0.1) is 0 Å². The van der Waals surface area contributed by atoms with Gasteiger partial charge in [0.15, 0.2) is 5.13 Å². The van der Waals surface area contributed by atoms with Crippen molar-refractivity contribution in [2.45, 2.75) is 6.42 Å². The molecule has 1 aromatic carbocycles. The predicted octanol–water partition coefficient (Wildman–Crippen LogP) is 3.34. The van der Waals surface area contributed by atoms with Crippen molar-refractivity contribution in [2.75, 3.05) is 11.9 Å². The Morgan fingerprint density at radius 3 is 3.05 bits per heavy atom. The lowest BCUT2D eigenvalue weighted by atomic mass is 10.3. The van der Waals surface area contributed by atoms with Crippen molar-refractivity contribution >= 4 is 38.3 Å². The van der Waals surface area contributed by atoms with Gasteiger partial charge >= 0.3 is 0 Å². The topological polar surface area (TPSA) is 42.7 Å². The summed E-state index contributed by atoms with van der Waals surface area (Å²) >= 11 is 7.60. The lowest BCUT2D eigenvalue weighted by molar-refractivity contribution is 0.711. The van der Waals surface area contributed by atoms with Gasteiger partial charge in [0, 0.05) is 36.9 Å². The molecular formula is C13H13ClN4S. The standard InChI is InChI=1S/C13H13ClN4S/c1-18-10(5-7-16-18)4-6-15-13-17-11-8-9(14)2-3-12(11)19-13/h2-3,5,7-8H,4,6H2,1H3,(H,15,17). The molecule has 0 bridgehead atoms. The van der Waals surface area contributed by atoms with Gasteiger partial charge in [0.1, 0.15) is 0 Å². The van der Waals surface area contributed by atoms with E-state index in [-0.39, 0.29) is 0 Å². The number of hydrogen-bond donors (Lipinski definition) is 1. The van der Waals surface area contributed by atoms with Crippen LogP contribution in [0.15, 0.2) is 30.5 Å². The Morgan fingerprint density at radius 2 is 2.26 bits per heavy atom. The number of thiazole rings is 1. The summed E-state index contributed by atoms with van der Waals surface area (Å²) in [6.45, 7) is 0.840. The zero-order chi connectivity index (χ0) is 13.2. The highest BCUT2D eigenvalue weighted by atomic mass is 35.5.